The van der Waals surface area contributed by atoms with Gasteiger partial charge in [-0.05, 0) is 23.8 Å². The third-order valence-corrected chi connectivity index (χ3v) is 3.89. The molecule has 0 saturated carbocycles. The third kappa shape index (κ3) is 4.99. The van der Waals surface area contributed by atoms with Gasteiger partial charge in [-0.15, -0.1) is 11.6 Å². The highest BCUT2D eigenvalue weighted by Gasteiger charge is 2.32. The zero-order chi connectivity index (χ0) is 18.6. The molecule has 0 amide bonds. The molecule has 2 rings (SSSR count). The molecule has 1 aromatic carbocycles. The number of hydrogen-bond donors (Lipinski definition) is 2. The van der Waals surface area contributed by atoms with Gasteiger partial charge in [-0.1, -0.05) is 12.1 Å². The number of rotatable bonds is 6. The summed E-state index contributed by atoms with van der Waals surface area (Å²) in [5.74, 6) is 0.568. The highest BCUT2D eigenvalue weighted by molar-refractivity contribution is 6.18. The molecule has 2 N–H and O–H groups in total. The van der Waals surface area contributed by atoms with Gasteiger partial charge < -0.3 is 15.3 Å². The van der Waals surface area contributed by atoms with Crippen molar-refractivity contribution in [1.82, 2.24) is 4.98 Å². The number of anilines is 2. The number of halogens is 4. The highest BCUT2D eigenvalue weighted by Crippen LogP contribution is 2.35. The number of aliphatic hydroxyl groups excluding tert-OH is 1. The molecule has 0 fully saturated rings. The summed E-state index contributed by atoms with van der Waals surface area (Å²) in [6.45, 7) is 0.289. The largest absolute Gasteiger partial charge is 0.417 e. The van der Waals surface area contributed by atoms with Gasteiger partial charge in [0.15, 0.2) is 0 Å². The summed E-state index contributed by atoms with van der Waals surface area (Å²) in [5, 5.41) is 12.4. The lowest BCUT2D eigenvalue weighted by atomic mass is 10.0. The van der Waals surface area contributed by atoms with E-state index in [4.69, 9.17) is 11.6 Å². The average molecular weight is 374 g/mol. The van der Waals surface area contributed by atoms with Crippen molar-refractivity contribution >= 4 is 23.1 Å². The number of aliphatic hydroxyl groups is 1. The Bertz CT molecular complexity index is 705. The molecule has 0 aliphatic heterocycles. The van der Waals surface area contributed by atoms with Crippen LogP contribution in [0.5, 0.6) is 0 Å². The van der Waals surface area contributed by atoms with E-state index in [0.717, 1.165) is 18.0 Å². The van der Waals surface area contributed by atoms with E-state index in [0.29, 0.717) is 16.9 Å². The predicted octanol–water partition coefficient (Wildman–Crippen LogP) is 3.85. The molecule has 1 aromatic heterocycles. The summed E-state index contributed by atoms with van der Waals surface area (Å²) in [6.07, 6.45) is -4.29. The maximum atomic E-state index is 13.0. The average Bonchev–Trinajstić information content (AvgIpc) is 2.58. The standard InChI is InChI=1S/C17H19ClF3N3O/c1-24(2)16-15(7-12(9-23-16)17(19,20)21)11-3-5-13(6-4-11)22-10-14(25)8-18/h3-7,9,14,22,25H,8,10H2,1-2H3. The molecular weight excluding hydrogens is 355 g/mol. The van der Waals surface area contributed by atoms with Crippen LogP contribution in [0.15, 0.2) is 36.5 Å². The lowest BCUT2D eigenvalue weighted by Gasteiger charge is -2.18. The Morgan fingerprint density at radius 3 is 2.40 bits per heavy atom. The Morgan fingerprint density at radius 1 is 1.24 bits per heavy atom. The second kappa shape index (κ2) is 7.93. The van der Waals surface area contributed by atoms with Crippen molar-refractivity contribution in [1.29, 1.82) is 0 Å². The summed E-state index contributed by atoms with van der Waals surface area (Å²) in [4.78, 5) is 5.62. The minimum Gasteiger partial charge on any atom is -0.390 e. The monoisotopic (exact) mass is 373 g/mol. The summed E-state index contributed by atoms with van der Waals surface area (Å²) >= 11 is 5.53. The van der Waals surface area contributed by atoms with Crippen molar-refractivity contribution in [2.75, 3.05) is 36.7 Å². The molecule has 1 atom stereocenters. The molecule has 1 unspecified atom stereocenters. The molecule has 0 aliphatic carbocycles. The minimum atomic E-state index is -4.45. The number of nitrogens with one attached hydrogen (secondary N) is 1. The van der Waals surface area contributed by atoms with Crippen molar-refractivity contribution < 1.29 is 18.3 Å². The van der Waals surface area contributed by atoms with Crippen molar-refractivity contribution in [3.63, 3.8) is 0 Å². The van der Waals surface area contributed by atoms with E-state index in [2.05, 4.69) is 10.3 Å². The smallest absolute Gasteiger partial charge is 0.390 e. The normalized spacial score (nSPS) is 12.8. The van der Waals surface area contributed by atoms with E-state index in [-0.39, 0.29) is 12.4 Å². The van der Waals surface area contributed by atoms with Gasteiger partial charge in [0.05, 0.1) is 17.5 Å². The van der Waals surface area contributed by atoms with Gasteiger partial charge in [0.1, 0.15) is 5.82 Å². The first kappa shape index (κ1) is 19.3. The Kier molecular flexibility index (Phi) is 6.13. The highest BCUT2D eigenvalue weighted by atomic mass is 35.5. The molecule has 0 aliphatic rings. The molecule has 0 radical (unpaired) electrons. The topological polar surface area (TPSA) is 48.4 Å². The fourth-order valence-electron chi connectivity index (χ4n) is 2.24. The van der Waals surface area contributed by atoms with Crippen molar-refractivity contribution in [2.24, 2.45) is 0 Å². The number of hydrogen-bond acceptors (Lipinski definition) is 4. The van der Waals surface area contributed by atoms with Crippen LogP contribution in [0, 0.1) is 0 Å². The number of nitrogens with zero attached hydrogens (tertiary/aromatic N) is 2. The van der Waals surface area contributed by atoms with Crippen LogP contribution in [0.4, 0.5) is 24.7 Å². The summed E-state index contributed by atoms with van der Waals surface area (Å²) in [7, 11) is 3.45. The first-order valence-electron chi connectivity index (χ1n) is 7.55. The van der Waals surface area contributed by atoms with Crippen LogP contribution in [0.25, 0.3) is 11.1 Å². The lowest BCUT2D eigenvalue weighted by Crippen LogP contribution is -2.20. The number of alkyl halides is 4. The van der Waals surface area contributed by atoms with Crippen LogP contribution in [0.2, 0.25) is 0 Å². The maximum absolute atomic E-state index is 13.0. The second-order valence-corrected chi connectivity index (χ2v) is 6.06. The Morgan fingerprint density at radius 2 is 1.88 bits per heavy atom. The lowest BCUT2D eigenvalue weighted by molar-refractivity contribution is -0.137. The Labute approximate surface area is 149 Å². The van der Waals surface area contributed by atoms with Crippen LogP contribution in [-0.4, -0.2) is 42.7 Å². The molecule has 8 heteroatoms. The van der Waals surface area contributed by atoms with E-state index in [1.807, 2.05) is 0 Å². The zero-order valence-corrected chi connectivity index (χ0v) is 14.6. The third-order valence-electron chi connectivity index (χ3n) is 3.53. The quantitative estimate of drug-likeness (QED) is 0.755. The van der Waals surface area contributed by atoms with Gasteiger partial charge in [-0.3, -0.25) is 0 Å². The van der Waals surface area contributed by atoms with E-state index in [1.54, 1.807) is 43.3 Å². The van der Waals surface area contributed by atoms with Crippen LogP contribution < -0.4 is 10.2 Å². The summed E-state index contributed by atoms with van der Waals surface area (Å²) < 4.78 is 39.0. The van der Waals surface area contributed by atoms with Crippen molar-refractivity contribution in [2.45, 2.75) is 12.3 Å². The molecule has 0 bridgehead atoms. The second-order valence-electron chi connectivity index (χ2n) is 5.75. The molecule has 1 heterocycles. The van der Waals surface area contributed by atoms with E-state index in [1.165, 1.54) is 0 Å². The van der Waals surface area contributed by atoms with Crippen LogP contribution in [-0.2, 0) is 6.18 Å². The number of benzene rings is 1. The van der Waals surface area contributed by atoms with Crippen LogP contribution in [0.3, 0.4) is 0 Å². The van der Waals surface area contributed by atoms with Gasteiger partial charge >= 0.3 is 6.18 Å². The van der Waals surface area contributed by atoms with Crippen LogP contribution >= 0.6 is 11.6 Å². The SMILES string of the molecule is CN(C)c1ncc(C(F)(F)F)cc1-c1ccc(NCC(O)CCl)cc1. The number of aromatic nitrogens is 1. The van der Waals surface area contributed by atoms with Crippen molar-refractivity contribution in [3.8, 4) is 11.1 Å². The van der Waals surface area contributed by atoms with Gasteiger partial charge in [-0.25, -0.2) is 4.98 Å². The predicted molar refractivity (Wildman–Crippen MR) is 94.2 cm³/mol. The summed E-state index contributed by atoms with van der Waals surface area (Å²) in [5.41, 5.74) is 0.956. The molecule has 4 nitrogen and oxygen atoms in total. The van der Waals surface area contributed by atoms with E-state index in [9.17, 15) is 18.3 Å². The van der Waals surface area contributed by atoms with Crippen molar-refractivity contribution in [3.05, 3.63) is 42.1 Å². The Hall–Kier alpha value is -1.99. The maximum Gasteiger partial charge on any atom is 0.417 e. The molecule has 136 valence electrons. The molecule has 2 aromatic rings. The first-order valence-corrected chi connectivity index (χ1v) is 8.08. The minimum absolute atomic E-state index is 0.118. The molecule has 0 spiro atoms. The van der Waals surface area contributed by atoms with Crippen LogP contribution in [0.1, 0.15) is 5.56 Å². The summed E-state index contributed by atoms with van der Waals surface area (Å²) in [6, 6.07) is 7.98. The number of pyridine rings is 1. The molecular formula is C17H19ClF3N3O. The molecule has 0 saturated heterocycles. The van der Waals surface area contributed by atoms with Gasteiger partial charge in [0.2, 0.25) is 0 Å². The van der Waals surface area contributed by atoms with Gasteiger partial charge in [0.25, 0.3) is 0 Å². The zero-order valence-electron chi connectivity index (χ0n) is 13.8. The Balaban J connectivity index is 2.33. The van der Waals surface area contributed by atoms with E-state index >= 15 is 0 Å². The van der Waals surface area contributed by atoms with Gasteiger partial charge in [-0.2, -0.15) is 13.2 Å². The first-order chi connectivity index (χ1) is 11.7. The fraction of sp³-hybridized carbons (Fsp3) is 0.353. The fourth-order valence-corrected chi connectivity index (χ4v) is 2.35. The van der Waals surface area contributed by atoms with Gasteiger partial charge in [0, 0.05) is 38.1 Å². The molecule has 25 heavy (non-hydrogen) atoms. The van der Waals surface area contributed by atoms with E-state index < -0.39 is 17.8 Å².